The van der Waals surface area contributed by atoms with E-state index in [4.69, 9.17) is 0 Å². The highest BCUT2D eigenvalue weighted by molar-refractivity contribution is 5.74. The second-order valence-electron chi connectivity index (χ2n) is 4.98. The largest absolute Gasteiger partial charge is 0.350 e. The van der Waals surface area contributed by atoms with Crippen molar-refractivity contribution in [3.05, 3.63) is 42.0 Å². The number of amides is 2. The minimum absolute atomic E-state index is 0.0186. The third-order valence-electron chi connectivity index (χ3n) is 3.30. The summed E-state index contributed by atoms with van der Waals surface area (Å²) in [6, 6.07) is 5.77. The number of carbonyl (C=O) groups excluding carboxylic acids is 1. The Balaban J connectivity index is 1.76. The fourth-order valence-corrected chi connectivity index (χ4v) is 2.02. The van der Waals surface area contributed by atoms with Gasteiger partial charge in [0.25, 0.3) is 0 Å². The molecule has 0 spiro atoms. The lowest BCUT2D eigenvalue weighted by Crippen LogP contribution is -2.42. The van der Waals surface area contributed by atoms with E-state index in [2.05, 4.69) is 20.3 Å². The zero-order valence-corrected chi connectivity index (χ0v) is 12.1. The summed E-state index contributed by atoms with van der Waals surface area (Å²) < 4.78 is 3.86. The van der Waals surface area contributed by atoms with E-state index < -0.39 is 0 Å². The maximum Gasteiger partial charge on any atom is 0.315 e. The number of nitrogens with zero attached hydrogens (tertiary/aromatic N) is 3. The normalized spacial score (nSPS) is 12.2. The highest BCUT2D eigenvalue weighted by atomic mass is 16.2. The second kappa shape index (κ2) is 6.27. The molecule has 1 atom stereocenters. The molecule has 6 nitrogen and oxygen atoms in total. The fraction of sp³-hybridized carbons (Fsp3) is 0.429. The summed E-state index contributed by atoms with van der Waals surface area (Å²) in [5.74, 6) is 0. The first-order valence-electron chi connectivity index (χ1n) is 6.69. The van der Waals surface area contributed by atoms with Gasteiger partial charge in [0.1, 0.15) is 0 Å². The van der Waals surface area contributed by atoms with E-state index in [0.29, 0.717) is 13.1 Å². The van der Waals surface area contributed by atoms with Crippen LogP contribution < -0.4 is 10.6 Å². The monoisotopic (exact) mass is 275 g/mol. The van der Waals surface area contributed by atoms with Crippen LogP contribution in [-0.4, -0.2) is 26.4 Å². The lowest BCUT2D eigenvalue weighted by Gasteiger charge is -2.15. The average Bonchev–Trinajstić information content (AvgIpc) is 3.00. The standard InChI is InChI=1S/C14H21N5O/c1-11(10-19-8-4-7-16-19)17-14(20)15-9-13-6-5-12(2)18(13)3/h4-8,11H,9-10H2,1-3H3,(H2,15,17,20). The van der Waals surface area contributed by atoms with Crippen LogP contribution in [0.4, 0.5) is 4.79 Å². The molecule has 2 N–H and O–H groups in total. The quantitative estimate of drug-likeness (QED) is 0.866. The Labute approximate surface area is 118 Å². The number of carbonyl (C=O) groups is 1. The van der Waals surface area contributed by atoms with Crippen LogP contribution in [0.2, 0.25) is 0 Å². The fourth-order valence-electron chi connectivity index (χ4n) is 2.02. The zero-order valence-electron chi connectivity index (χ0n) is 12.1. The van der Waals surface area contributed by atoms with Crippen LogP contribution in [0.1, 0.15) is 18.3 Å². The molecule has 2 rings (SSSR count). The Morgan fingerprint density at radius 1 is 1.45 bits per heavy atom. The van der Waals surface area contributed by atoms with Gasteiger partial charge in [0, 0.05) is 36.9 Å². The first kappa shape index (κ1) is 14.2. The first-order valence-corrected chi connectivity index (χ1v) is 6.69. The molecule has 0 saturated carbocycles. The van der Waals surface area contributed by atoms with Crippen molar-refractivity contribution in [1.29, 1.82) is 0 Å². The molecule has 0 aliphatic heterocycles. The molecule has 2 aromatic rings. The minimum atomic E-state index is -0.163. The highest BCUT2D eigenvalue weighted by Gasteiger charge is 2.08. The first-order chi connectivity index (χ1) is 9.56. The summed E-state index contributed by atoms with van der Waals surface area (Å²) in [5, 5.41) is 9.87. The number of aryl methyl sites for hydroxylation is 1. The molecule has 1 unspecified atom stereocenters. The van der Waals surface area contributed by atoms with E-state index in [1.54, 1.807) is 10.9 Å². The van der Waals surface area contributed by atoms with Crippen molar-refractivity contribution < 1.29 is 4.79 Å². The van der Waals surface area contributed by atoms with Crippen LogP contribution in [0, 0.1) is 6.92 Å². The number of hydrogen-bond acceptors (Lipinski definition) is 2. The molecular formula is C14H21N5O. The Bertz CT molecular complexity index is 558. The van der Waals surface area contributed by atoms with Crippen molar-refractivity contribution >= 4 is 6.03 Å². The van der Waals surface area contributed by atoms with Crippen molar-refractivity contribution in [1.82, 2.24) is 25.0 Å². The Kier molecular flexibility index (Phi) is 4.45. The molecule has 0 aliphatic rings. The van der Waals surface area contributed by atoms with E-state index in [9.17, 15) is 4.79 Å². The summed E-state index contributed by atoms with van der Waals surface area (Å²) in [6.07, 6.45) is 3.60. The molecule has 20 heavy (non-hydrogen) atoms. The van der Waals surface area contributed by atoms with E-state index in [0.717, 1.165) is 5.69 Å². The van der Waals surface area contributed by atoms with Gasteiger partial charge in [-0.3, -0.25) is 4.68 Å². The topological polar surface area (TPSA) is 63.9 Å². The van der Waals surface area contributed by atoms with Crippen molar-refractivity contribution in [3.8, 4) is 0 Å². The van der Waals surface area contributed by atoms with Crippen LogP contribution in [0.3, 0.4) is 0 Å². The average molecular weight is 275 g/mol. The maximum atomic E-state index is 11.8. The predicted octanol–water partition coefficient (Wildman–Crippen LogP) is 1.42. The van der Waals surface area contributed by atoms with Gasteiger partial charge >= 0.3 is 6.03 Å². The maximum absolute atomic E-state index is 11.8. The van der Waals surface area contributed by atoms with E-state index in [1.807, 2.05) is 45.3 Å². The van der Waals surface area contributed by atoms with Crippen molar-refractivity contribution in [3.63, 3.8) is 0 Å². The van der Waals surface area contributed by atoms with Crippen LogP contribution >= 0.6 is 0 Å². The van der Waals surface area contributed by atoms with Gasteiger partial charge in [-0.15, -0.1) is 0 Å². The summed E-state index contributed by atoms with van der Waals surface area (Å²) in [4.78, 5) is 11.8. The number of nitrogens with one attached hydrogen (secondary N) is 2. The smallest absolute Gasteiger partial charge is 0.315 e. The lowest BCUT2D eigenvalue weighted by molar-refractivity contribution is 0.235. The van der Waals surface area contributed by atoms with Crippen molar-refractivity contribution in [2.75, 3.05) is 0 Å². The highest BCUT2D eigenvalue weighted by Crippen LogP contribution is 2.04. The van der Waals surface area contributed by atoms with E-state index in [-0.39, 0.29) is 12.1 Å². The van der Waals surface area contributed by atoms with Crippen molar-refractivity contribution in [2.24, 2.45) is 7.05 Å². The van der Waals surface area contributed by atoms with Gasteiger partial charge in [-0.05, 0) is 32.0 Å². The summed E-state index contributed by atoms with van der Waals surface area (Å²) >= 11 is 0. The lowest BCUT2D eigenvalue weighted by atomic mass is 10.3. The number of rotatable bonds is 5. The van der Waals surface area contributed by atoms with Crippen molar-refractivity contribution in [2.45, 2.75) is 33.0 Å². The number of aromatic nitrogens is 3. The molecule has 2 amide bonds. The SMILES string of the molecule is Cc1ccc(CNC(=O)NC(C)Cn2cccn2)n1C. The van der Waals surface area contributed by atoms with Gasteiger partial charge < -0.3 is 15.2 Å². The Morgan fingerprint density at radius 3 is 2.85 bits per heavy atom. The van der Waals surface area contributed by atoms with Crippen LogP contribution in [0.25, 0.3) is 0 Å². The number of hydrogen-bond donors (Lipinski definition) is 2. The van der Waals surface area contributed by atoms with Gasteiger partial charge in [0.15, 0.2) is 0 Å². The molecule has 2 heterocycles. The third-order valence-corrected chi connectivity index (χ3v) is 3.30. The predicted molar refractivity (Wildman–Crippen MR) is 77.2 cm³/mol. The number of urea groups is 1. The molecule has 0 aliphatic carbocycles. The zero-order chi connectivity index (χ0) is 14.5. The molecule has 0 fully saturated rings. The third kappa shape index (κ3) is 3.63. The molecule has 0 bridgehead atoms. The van der Waals surface area contributed by atoms with Crippen LogP contribution in [0.15, 0.2) is 30.6 Å². The van der Waals surface area contributed by atoms with Gasteiger partial charge in [-0.2, -0.15) is 5.10 Å². The van der Waals surface area contributed by atoms with Gasteiger partial charge in [0.2, 0.25) is 0 Å². The molecular weight excluding hydrogens is 254 g/mol. The molecule has 0 radical (unpaired) electrons. The molecule has 2 aromatic heterocycles. The summed E-state index contributed by atoms with van der Waals surface area (Å²) in [5.41, 5.74) is 2.26. The molecule has 0 aromatic carbocycles. The Morgan fingerprint density at radius 2 is 2.25 bits per heavy atom. The van der Waals surface area contributed by atoms with Crippen LogP contribution in [0.5, 0.6) is 0 Å². The molecule has 0 saturated heterocycles. The van der Waals surface area contributed by atoms with Gasteiger partial charge in [0.05, 0.1) is 13.1 Å². The second-order valence-corrected chi connectivity index (χ2v) is 4.98. The summed E-state index contributed by atoms with van der Waals surface area (Å²) in [7, 11) is 1.99. The minimum Gasteiger partial charge on any atom is -0.350 e. The molecule has 6 heteroatoms. The van der Waals surface area contributed by atoms with Gasteiger partial charge in [-0.1, -0.05) is 0 Å². The van der Waals surface area contributed by atoms with E-state index >= 15 is 0 Å². The Hall–Kier alpha value is -2.24. The van der Waals surface area contributed by atoms with E-state index in [1.165, 1.54) is 5.69 Å². The summed E-state index contributed by atoms with van der Waals surface area (Å²) in [6.45, 7) is 5.16. The molecule has 108 valence electrons. The van der Waals surface area contributed by atoms with Gasteiger partial charge in [-0.25, -0.2) is 4.79 Å². The van der Waals surface area contributed by atoms with Crippen LogP contribution in [-0.2, 0) is 20.1 Å².